The maximum Gasteiger partial charge on any atom is 0.330 e. The van der Waals surface area contributed by atoms with E-state index in [2.05, 4.69) is 0 Å². The Bertz CT molecular complexity index is 526. The second-order valence-electron chi connectivity index (χ2n) is 3.73. The molecule has 0 bridgehead atoms. The minimum Gasteiger partial charge on any atom is -0.394 e. The Kier molecular flexibility index (Phi) is 3.07. The molecule has 3 atom stereocenters. The summed E-state index contributed by atoms with van der Waals surface area (Å²) < 4.78 is 32.2. The molecule has 94 valence electrons. The molecule has 1 aromatic rings. The van der Waals surface area contributed by atoms with E-state index in [1.54, 1.807) is 4.98 Å². The van der Waals surface area contributed by atoms with Crippen LogP contribution in [0.5, 0.6) is 0 Å². The summed E-state index contributed by atoms with van der Waals surface area (Å²) in [5.41, 5.74) is -2.12. The lowest BCUT2D eigenvalue weighted by molar-refractivity contribution is -0.0399. The van der Waals surface area contributed by atoms with Crippen LogP contribution in [0.25, 0.3) is 0 Å². The van der Waals surface area contributed by atoms with Gasteiger partial charge in [0.05, 0.1) is 18.9 Å². The largest absolute Gasteiger partial charge is 0.394 e. The van der Waals surface area contributed by atoms with Gasteiger partial charge in [0.1, 0.15) is 6.17 Å². The predicted octanol–water partition coefficient (Wildman–Crippen LogP) is -0.706. The topological polar surface area (TPSA) is 84.3 Å². The fourth-order valence-corrected chi connectivity index (χ4v) is 1.71. The van der Waals surface area contributed by atoms with Crippen LogP contribution in [-0.4, -0.2) is 33.5 Å². The van der Waals surface area contributed by atoms with Crippen LogP contribution in [0.1, 0.15) is 12.6 Å². The molecule has 0 aromatic carbocycles. The lowest BCUT2D eigenvalue weighted by atomic mass is 10.2. The molecule has 1 aliphatic rings. The first kappa shape index (κ1) is 11.9. The van der Waals surface area contributed by atoms with Gasteiger partial charge in [0, 0.05) is 6.42 Å². The molecular formula is C9H10F2N2O4. The van der Waals surface area contributed by atoms with E-state index < -0.39 is 42.2 Å². The van der Waals surface area contributed by atoms with Gasteiger partial charge in [0.25, 0.3) is 5.56 Å². The van der Waals surface area contributed by atoms with Crippen molar-refractivity contribution in [1.82, 2.24) is 9.55 Å². The molecule has 0 unspecified atom stereocenters. The third-order valence-corrected chi connectivity index (χ3v) is 2.53. The van der Waals surface area contributed by atoms with Gasteiger partial charge >= 0.3 is 5.69 Å². The molecule has 0 saturated carbocycles. The molecule has 0 radical (unpaired) electrons. The average Bonchev–Trinajstić information content (AvgIpc) is 2.65. The summed E-state index contributed by atoms with van der Waals surface area (Å²) in [6.45, 7) is -0.391. The molecule has 8 heteroatoms. The monoisotopic (exact) mass is 248 g/mol. The number of aromatic nitrogens is 2. The van der Waals surface area contributed by atoms with E-state index in [0.717, 1.165) is 0 Å². The first-order valence-corrected chi connectivity index (χ1v) is 4.94. The minimum absolute atomic E-state index is 0.0889. The lowest BCUT2D eigenvalue weighted by Crippen LogP contribution is -2.36. The van der Waals surface area contributed by atoms with Crippen molar-refractivity contribution < 1.29 is 18.6 Å². The Morgan fingerprint density at radius 1 is 1.59 bits per heavy atom. The van der Waals surface area contributed by atoms with Crippen molar-refractivity contribution in [3.8, 4) is 0 Å². The maximum absolute atomic E-state index is 13.5. The Balaban J connectivity index is 2.38. The summed E-state index contributed by atoms with van der Waals surface area (Å²) in [5.74, 6) is -1.20. The molecule has 2 rings (SSSR count). The number of hydrogen-bond donors (Lipinski definition) is 2. The fraction of sp³-hybridized carbons (Fsp3) is 0.556. The number of hydrogen-bond acceptors (Lipinski definition) is 4. The van der Waals surface area contributed by atoms with Crippen molar-refractivity contribution in [2.75, 3.05) is 6.61 Å². The standard InChI is InChI=1S/C9H10F2N2O4/c10-5-1-4(3-14)17-8(5)13-2-6(11)7(15)12-9(13)16/h2,4-5,8,14H,1,3H2,(H,12,15,16)/t4-,5+,8-/m0/s1. The van der Waals surface area contributed by atoms with Gasteiger partial charge in [0.2, 0.25) is 5.82 Å². The molecule has 1 aliphatic heterocycles. The van der Waals surface area contributed by atoms with Gasteiger partial charge in [-0.3, -0.25) is 14.3 Å². The Hall–Kier alpha value is -1.54. The van der Waals surface area contributed by atoms with E-state index in [1.165, 1.54) is 0 Å². The highest BCUT2D eigenvalue weighted by Crippen LogP contribution is 2.29. The van der Waals surface area contributed by atoms with Crippen LogP contribution in [0.15, 0.2) is 15.8 Å². The lowest BCUT2D eigenvalue weighted by Gasteiger charge is -2.15. The maximum atomic E-state index is 13.5. The highest BCUT2D eigenvalue weighted by Gasteiger charge is 2.37. The number of rotatable bonds is 2. The minimum atomic E-state index is -1.55. The number of nitrogens with zero attached hydrogens (tertiary/aromatic N) is 1. The third kappa shape index (κ3) is 2.13. The van der Waals surface area contributed by atoms with E-state index in [-0.39, 0.29) is 6.42 Å². The van der Waals surface area contributed by atoms with Gasteiger partial charge in [-0.1, -0.05) is 0 Å². The molecule has 6 nitrogen and oxygen atoms in total. The quantitative estimate of drug-likeness (QED) is 0.724. The summed E-state index contributed by atoms with van der Waals surface area (Å²) in [6, 6.07) is 0. The van der Waals surface area contributed by atoms with E-state index in [0.29, 0.717) is 10.8 Å². The van der Waals surface area contributed by atoms with Gasteiger partial charge < -0.3 is 9.84 Å². The average molecular weight is 248 g/mol. The van der Waals surface area contributed by atoms with Gasteiger partial charge in [-0.05, 0) is 0 Å². The van der Waals surface area contributed by atoms with E-state index in [9.17, 15) is 18.4 Å². The summed E-state index contributed by atoms with van der Waals surface area (Å²) >= 11 is 0. The number of aromatic amines is 1. The molecule has 1 aromatic heterocycles. The van der Waals surface area contributed by atoms with Crippen molar-refractivity contribution in [1.29, 1.82) is 0 Å². The van der Waals surface area contributed by atoms with Crippen molar-refractivity contribution >= 4 is 0 Å². The molecule has 0 spiro atoms. The van der Waals surface area contributed by atoms with Crippen LogP contribution in [0, 0.1) is 5.82 Å². The van der Waals surface area contributed by atoms with Crippen molar-refractivity contribution in [2.45, 2.75) is 24.9 Å². The highest BCUT2D eigenvalue weighted by atomic mass is 19.1. The first-order chi connectivity index (χ1) is 8.02. The molecule has 1 saturated heterocycles. The number of aliphatic hydroxyl groups excluding tert-OH is 1. The molecule has 2 N–H and O–H groups in total. The summed E-state index contributed by atoms with van der Waals surface area (Å²) in [4.78, 5) is 23.8. The molecule has 2 heterocycles. The fourth-order valence-electron chi connectivity index (χ4n) is 1.71. The van der Waals surface area contributed by atoms with Crippen LogP contribution in [-0.2, 0) is 4.74 Å². The molecule has 1 fully saturated rings. The third-order valence-electron chi connectivity index (χ3n) is 2.53. The van der Waals surface area contributed by atoms with Crippen molar-refractivity contribution in [2.24, 2.45) is 0 Å². The first-order valence-electron chi connectivity index (χ1n) is 4.94. The number of aliphatic hydroxyl groups is 1. The summed E-state index contributed by atoms with van der Waals surface area (Å²) in [5, 5.41) is 8.81. The second kappa shape index (κ2) is 4.38. The smallest absolute Gasteiger partial charge is 0.330 e. The van der Waals surface area contributed by atoms with Crippen LogP contribution in [0.4, 0.5) is 8.78 Å². The van der Waals surface area contributed by atoms with Gasteiger partial charge in [-0.2, -0.15) is 4.39 Å². The Labute approximate surface area is 93.5 Å². The normalized spacial score (nSPS) is 28.5. The number of ether oxygens (including phenoxy) is 1. The van der Waals surface area contributed by atoms with Crippen LogP contribution in [0.2, 0.25) is 0 Å². The zero-order valence-electron chi connectivity index (χ0n) is 8.60. The second-order valence-corrected chi connectivity index (χ2v) is 3.73. The number of halogens is 2. The number of alkyl halides is 1. The highest BCUT2D eigenvalue weighted by molar-refractivity contribution is 4.91. The Morgan fingerprint density at radius 3 is 2.88 bits per heavy atom. The molecule has 17 heavy (non-hydrogen) atoms. The summed E-state index contributed by atoms with van der Waals surface area (Å²) in [7, 11) is 0. The summed E-state index contributed by atoms with van der Waals surface area (Å²) in [6.07, 6.45) is -3.11. The van der Waals surface area contributed by atoms with Gasteiger partial charge in [0.15, 0.2) is 6.23 Å². The van der Waals surface area contributed by atoms with E-state index in [1.807, 2.05) is 0 Å². The van der Waals surface area contributed by atoms with Gasteiger partial charge in [-0.15, -0.1) is 0 Å². The van der Waals surface area contributed by atoms with Gasteiger partial charge in [-0.25, -0.2) is 9.18 Å². The van der Waals surface area contributed by atoms with Crippen LogP contribution >= 0.6 is 0 Å². The molecule has 0 aliphatic carbocycles. The van der Waals surface area contributed by atoms with Crippen LogP contribution in [0.3, 0.4) is 0 Å². The van der Waals surface area contributed by atoms with Crippen LogP contribution < -0.4 is 11.2 Å². The molecule has 0 amide bonds. The van der Waals surface area contributed by atoms with Crippen molar-refractivity contribution in [3.63, 3.8) is 0 Å². The van der Waals surface area contributed by atoms with Crippen molar-refractivity contribution in [3.05, 3.63) is 32.9 Å². The Morgan fingerprint density at radius 2 is 2.29 bits per heavy atom. The molecular weight excluding hydrogens is 238 g/mol. The van der Waals surface area contributed by atoms with E-state index in [4.69, 9.17) is 9.84 Å². The van der Waals surface area contributed by atoms with E-state index >= 15 is 0 Å². The predicted molar refractivity (Wildman–Crippen MR) is 51.8 cm³/mol. The number of nitrogens with one attached hydrogen (secondary N) is 1. The zero-order valence-corrected chi connectivity index (χ0v) is 8.60. The zero-order chi connectivity index (χ0) is 12.6. The number of H-pyrrole nitrogens is 1. The SMILES string of the molecule is O=c1[nH]c(=O)n([C@H]2O[C@H](CO)C[C@H]2F)cc1F.